The summed E-state index contributed by atoms with van der Waals surface area (Å²) in [6.07, 6.45) is -11.1. The molecule has 5 atom stereocenters. The summed E-state index contributed by atoms with van der Waals surface area (Å²) in [5.41, 5.74) is -0.795. The van der Waals surface area contributed by atoms with E-state index in [1.165, 1.54) is 0 Å². The Morgan fingerprint density at radius 3 is 2.84 bits per heavy atom. The Kier molecular flexibility index (Phi) is 4.26. The lowest BCUT2D eigenvalue weighted by molar-refractivity contribution is -0.248. The summed E-state index contributed by atoms with van der Waals surface area (Å²) in [5.74, 6) is 0. The molecule has 0 spiro atoms. The smallest absolute Gasteiger partial charge is 0.381 e. The van der Waals surface area contributed by atoms with E-state index in [0.717, 1.165) is 11.8 Å². The maximum absolute atomic E-state index is 13.9. The predicted octanol–water partition coefficient (Wildman–Crippen LogP) is 1.44. The molecule has 2 fully saturated rings. The molecule has 0 amide bonds. The zero-order valence-electron chi connectivity index (χ0n) is 10.0. The van der Waals surface area contributed by atoms with Gasteiger partial charge < -0.3 is 15.2 Å². The van der Waals surface area contributed by atoms with Gasteiger partial charge in [-0.05, 0) is 6.92 Å². The van der Waals surface area contributed by atoms with Gasteiger partial charge in [-0.1, -0.05) is 11.8 Å². The Balaban J connectivity index is 2.06. The summed E-state index contributed by atoms with van der Waals surface area (Å²) < 4.78 is 56.2. The molecule has 0 radical (unpaired) electrons. The van der Waals surface area contributed by atoms with Crippen LogP contribution in [-0.4, -0.2) is 52.9 Å². The van der Waals surface area contributed by atoms with Crippen LogP contribution >= 0.6 is 11.8 Å². The van der Waals surface area contributed by atoms with Gasteiger partial charge in [-0.3, -0.25) is 4.99 Å². The summed E-state index contributed by atoms with van der Waals surface area (Å²) in [4.78, 5) is 4.04. The Bertz CT molecular complexity index is 366. The minimum absolute atomic E-state index is 0.460. The van der Waals surface area contributed by atoms with E-state index >= 15 is 0 Å². The maximum atomic E-state index is 13.9. The van der Waals surface area contributed by atoms with Crippen molar-refractivity contribution < 1.29 is 27.4 Å². The highest BCUT2D eigenvalue weighted by Gasteiger charge is 2.52. The van der Waals surface area contributed by atoms with E-state index in [1.807, 2.05) is 0 Å². The van der Waals surface area contributed by atoms with Crippen LogP contribution in [0.15, 0.2) is 4.99 Å². The van der Waals surface area contributed by atoms with E-state index in [4.69, 9.17) is 9.84 Å². The monoisotopic (exact) mass is 302 g/mol. The number of hydrogen-bond donors (Lipinski definition) is 2. The quantitative estimate of drug-likeness (QED) is 0.758. The lowest BCUT2D eigenvalue weighted by Crippen LogP contribution is -2.54. The average molecular weight is 302 g/mol. The molecule has 4 nitrogen and oxygen atoms in total. The Labute approximate surface area is 111 Å². The number of nitrogens with zero attached hydrogens (tertiary/aromatic N) is 1. The largest absolute Gasteiger partial charge is 0.416 e. The number of fused-ring (bicyclic) bond motifs is 1. The summed E-state index contributed by atoms with van der Waals surface area (Å²) in [6, 6.07) is -0.716. The van der Waals surface area contributed by atoms with Crippen LogP contribution in [-0.2, 0) is 4.74 Å². The molecule has 2 aliphatic rings. The number of hydrogen-bond acceptors (Lipinski definition) is 4. The van der Waals surface area contributed by atoms with Crippen molar-refractivity contribution in [2.75, 3.05) is 6.54 Å². The topological polar surface area (TPSA) is 53.9 Å². The first kappa shape index (κ1) is 14.9. The second kappa shape index (κ2) is 5.45. The number of alkyl halides is 4. The van der Waals surface area contributed by atoms with Crippen molar-refractivity contribution in [1.82, 2.24) is 5.32 Å². The number of halogens is 4. The number of thioether (sulfide) groups is 1. The van der Waals surface area contributed by atoms with Crippen LogP contribution in [0.25, 0.3) is 0 Å². The van der Waals surface area contributed by atoms with Crippen LogP contribution in [0.3, 0.4) is 0 Å². The van der Waals surface area contributed by atoms with Gasteiger partial charge >= 0.3 is 6.18 Å². The first-order valence-corrected chi connectivity index (χ1v) is 6.73. The molecule has 9 heteroatoms. The number of rotatable bonds is 2. The number of ether oxygens (including phenoxy) is 1. The van der Waals surface area contributed by atoms with Crippen LogP contribution in [0.2, 0.25) is 0 Å². The highest BCUT2D eigenvalue weighted by atomic mass is 32.2. The molecule has 2 heterocycles. The van der Waals surface area contributed by atoms with E-state index in [2.05, 4.69) is 10.3 Å². The molecule has 2 saturated heterocycles. The average Bonchev–Trinajstić information content (AvgIpc) is 2.70. The molecule has 0 aliphatic carbocycles. The van der Waals surface area contributed by atoms with Gasteiger partial charge in [0.05, 0.1) is 12.1 Å². The maximum Gasteiger partial charge on any atom is 0.416 e. The van der Waals surface area contributed by atoms with Gasteiger partial charge in [0.1, 0.15) is 11.6 Å². The van der Waals surface area contributed by atoms with Crippen LogP contribution in [0.1, 0.15) is 13.3 Å². The fraction of sp³-hybridized carbons (Fsp3) is 0.900. The molecular formula is C10H14F4N2O2S. The molecule has 0 bridgehead atoms. The van der Waals surface area contributed by atoms with Gasteiger partial charge in [0.2, 0.25) is 0 Å². The van der Waals surface area contributed by atoms with Crippen molar-refractivity contribution >= 4 is 16.9 Å². The molecule has 0 aromatic carbocycles. The lowest BCUT2D eigenvalue weighted by Gasteiger charge is -2.36. The highest BCUT2D eigenvalue weighted by Crippen LogP contribution is 2.38. The molecular weight excluding hydrogens is 288 g/mol. The first-order valence-electron chi connectivity index (χ1n) is 5.85. The van der Waals surface area contributed by atoms with E-state index in [0.29, 0.717) is 11.7 Å². The molecule has 0 aromatic rings. The molecule has 5 unspecified atom stereocenters. The lowest BCUT2D eigenvalue weighted by atomic mass is 9.99. The first-order chi connectivity index (χ1) is 8.82. The van der Waals surface area contributed by atoms with Gasteiger partial charge in [0.25, 0.3) is 0 Å². The van der Waals surface area contributed by atoms with Crippen molar-refractivity contribution in [2.45, 2.75) is 49.4 Å². The molecule has 0 saturated carbocycles. The van der Waals surface area contributed by atoms with Crippen LogP contribution in [0.4, 0.5) is 17.6 Å². The SMILES string of the molecule is CCN=C1NC2C(F)CC(C(O)C(F)(F)F)OC2S1. The Morgan fingerprint density at radius 1 is 1.58 bits per heavy atom. The van der Waals surface area contributed by atoms with Gasteiger partial charge in [-0.2, -0.15) is 13.2 Å². The standard InChI is InChI=1S/C10H14F4N2O2S/c1-2-15-9-16-6-4(11)3-5(18-8(6)19-9)7(17)10(12,13)14/h4-8,17H,2-3H2,1H3,(H,15,16). The van der Waals surface area contributed by atoms with Gasteiger partial charge in [-0.25, -0.2) is 4.39 Å². The Hall–Kier alpha value is -0.540. The van der Waals surface area contributed by atoms with E-state index in [9.17, 15) is 17.6 Å². The van der Waals surface area contributed by atoms with E-state index < -0.39 is 42.5 Å². The minimum Gasteiger partial charge on any atom is -0.381 e. The third-order valence-corrected chi connectivity index (χ3v) is 4.06. The summed E-state index contributed by atoms with van der Waals surface area (Å²) >= 11 is 1.05. The predicted molar refractivity (Wildman–Crippen MR) is 62.7 cm³/mol. The minimum atomic E-state index is -4.81. The molecule has 110 valence electrons. The van der Waals surface area contributed by atoms with Crippen LogP contribution in [0.5, 0.6) is 0 Å². The summed E-state index contributed by atoms with van der Waals surface area (Å²) in [6.45, 7) is 2.28. The number of aliphatic imine (C=N–C) groups is 1. The Morgan fingerprint density at radius 2 is 2.26 bits per heavy atom. The number of aliphatic hydroxyl groups is 1. The molecule has 0 aromatic heterocycles. The number of aliphatic hydroxyl groups excluding tert-OH is 1. The van der Waals surface area contributed by atoms with Gasteiger partial charge in [0, 0.05) is 13.0 Å². The summed E-state index contributed by atoms with van der Waals surface area (Å²) in [5, 5.41) is 12.4. The van der Waals surface area contributed by atoms with E-state index in [-0.39, 0.29) is 0 Å². The molecule has 2 aliphatic heterocycles. The molecule has 2 N–H and O–H groups in total. The molecule has 2 rings (SSSR count). The number of nitrogens with one attached hydrogen (secondary N) is 1. The fourth-order valence-corrected chi connectivity index (χ4v) is 3.25. The zero-order valence-corrected chi connectivity index (χ0v) is 10.8. The van der Waals surface area contributed by atoms with Crippen molar-refractivity contribution in [2.24, 2.45) is 4.99 Å². The third kappa shape index (κ3) is 3.14. The second-order valence-corrected chi connectivity index (χ2v) is 5.44. The normalized spacial score (nSPS) is 38.9. The van der Waals surface area contributed by atoms with Crippen molar-refractivity contribution in [1.29, 1.82) is 0 Å². The van der Waals surface area contributed by atoms with Crippen molar-refractivity contribution in [3.63, 3.8) is 0 Å². The van der Waals surface area contributed by atoms with Gasteiger partial charge in [0.15, 0.2) is 11.3 Å². The van der Waals surface area contributed by atoms with Crippen LogP contribution in [0, 0.1) is 0 Å². The van der Waals surface area contributed by atoms with Crippen molar-refractivity contribution in [3.05, 3.63) is 0 Å². The van der Waals surface area contributed by atoms with E-state index in [1.54, 1.807) is 6.92 Å². The summed E-state index contributed by atoms with van der Waals surface area (Å²) in [7, 11) is 0. The second-order valence-electron chi connectivity index (χ2n) is 4.35. The van der Waals surface area contributed by atoms with Gasteiger partial charge in [-0.15, -0.1) is 0 Å². The number of amidine groups is 1. The van der Waals surface area contributed by atoms with Crippen LogP contribution < -0.4 is 5.32 Å². The molecule has 19 heavy (non-hydrogen) atoms. The third-order valence-electron chi connectivity index (χ3n) is 2.96. The fourth-order valence-electron chi connectivity index (χ4n) is 2.04. The zero-order chi connectivity index (χ0) is 14.2. The highest BCUT2D eigenvalue weighted by molar-refractivity contribution is 8.14. The van der Waals surface area contributed by atoms with Crippen molar-refractivity contribution in [3.8, 4) is 0 Å².